The Morgan fingerprint density at radius 2 is 1.79 bits per heavy atom. The topological polar surface area (TPSA) is 89.6 Å². The van der Waals surface area contributed by atoms with Crippen LogP contribution < -0.4 is 20.1 Å². The molecule has 1 saturated carbocycles. The number of carbonyl (C=O) groups excluding carboxylic acids is 2. The number of fused-ring (bicyclic) bond motifs is 1. The standard InChI is InChI=1S/C32H29N3O4/c1-21-17-23(30(36)34-16-12-25-6-2-3-15-33-25)8-10-27(21)22-5-4-7-26(18-22)35-31(37)32(13-14-32)24-9-11-28-29(19-24)39-20-38-28/h2-11,15,17-19H,12-14,16,20H2,1H3,(H,34,36)(H,35,37). The van der Waals surface area contributed by atoms with Gasteiger partial charge >= 0.3 is 0 Å². The maximum Gasteiger partial charge on any atom is 0.251 e. The summed E-state index contributed by atoms with van der Waals surface area (Å²) in [5.41, 5.74) is 5.66. The molecule has 0 radical (unpaired) electrons. The molecule has 7 heteroatoms. The zero-order chi connectivity index (χ0) is 26.8. The first-order valence-corrected chi connectivity index (χ1v) is 13.1. The number of carbonyl (C=O) groups is 2. The molecule has 1 fully saturated rings. The normalized spacial score (nSPS) is 14.5. The van der Waals surface area contributed by atoms with Crippen LogP contribution in [0.3, 0.4) is 0 Å². The van der Waals surface area contributed by atoms with Crippen molar-refractivity contribution in [1.29, 1.82) is 0 Å². The van der Waals surface area contributed by atoms with Gasteiger partial charge in [0.1, 0.15) is 0 Å². The van der Waals surface area contributed by atoms with E-state index in [0.29, 0.717) is 30.0 Å². The molecule has 39 heavy (non-hydrogen) atoms. The second-order valence-electron chi connectivity index (χ2n) is 10.0. The summed E-state index contributed by atoms with van der Waals surface area (Å²) in [4.78, 5) is 30.4. The van der Waals surface area contributed by atoms with E-state index in [0.717, 1.165) is 46.5 Å². The van der Waals surface area contributed by atoms with Crippen LogP contribution in [0.1, 0.15) is 40.0 Å². The Labute approximate surface area is 227 Å². The van der Waals surface area contributed by atoms with Gasteiger partial charge in [-0.1, -0.05) is 30.3 Å². The smallest absolute Gasteiger partial charge is 0.251 e. The highest BCUT2D eigenvalue weighted by atomic mass is 16.7. The lowest BCUT2D eigenvalue weighted by molar-refractivity contribution is -0.118. The number of aryl methyl sites for hydroxylation is 1. The molecule has 2 aliphatic rings. The van der Waals surface area contributed by atoms with Crippen molar-refractivity contribution in [3.05, 3.63) is 107 Å². The number of aromatic nitrogens is 1. The minimum atomic E-state index is -0.543. The Balaban J connectivity index is 1.13. The largest absolute Gasteiger partial charge is 0.454 e. The number of amides is 2. The highest BCUT2D eigenvalue weighted by Crippen LogP contribution is 2.51. The number of pyridine rings is 1. The molecule has 2 N–H and O–H groups in total. The number of benzene rings is 3. The van der Waals surface area contributed by atoms with Gasteiger partial charge in [-0.2, -0.15) is 0 Å². The summed E-state index contributed by atoms with van der Waals surface area (Å²) < 4.78 is 10.9. The van der Waals surface area contributed by atoms with Gasteiger partial charge in [-0.15, -0.1) is 0 Å². The zero-order valence-corrected chi connectivity index (χ0v) is 21.7. The molecule has 7 nitrogen and oxygen atoms in total. The zero-order valence-electron chi connectivity index (χ0n) is 21.7. The van der Waals surface area contributed by atoms with Crippen molar-refractivity contribution < 1.29 is 19.1 Å². The van der Waals surface area contributed by atoms with Gasteiger partial charge in [0, 0.05) is 36.1 Å². The van der Waals surface area contributed by atoms with Crippen LogP contribution in [0, 0.1) is 6.92 Å². The molecule has 0 unspecified atom stereocenters. The van der Waals surface area contributed by atoms with Crippen molar-refractivity contribution in [2.45, 2.75) is 31.6 Å². The summed E-state index contributed by atoms with van der Waals surface area (Å²) >= 11 is 0. The molecule has 0 bridgehead atoms. The van der Waals surface area contributed by atoms with Gasteiger partial charge in [0.05, 0.1) is 5.41 Å². The predicted molar refractivity (Wildman–Crippen MR) is 149 cm³/mol. The predicted octanol–water partition coefficient (Wildman–Crippen LogP) is 5.43. The Morgan fingerprint density at radius 1 is 0.923 bits per heavy atom. The van der Waals surface area contributed by atoms with Gasteiger partial charge in [0.25, 0.3) is 5.91 Å². The van der Waals surface area contributed by atoms with Crippen molar-refractivity contribution in [2.75, 3.05) is 18.7 Å². The molecular formula is C32H29N3O4. The molecule has 2 amide bonds. The molecule has 1 aliphatic carbocycles. The van der Waals surface area contributed by atoms with Gasteiger partial charge in [-0.3, -0.25) is 14.6 Å². The Hall–Kier alpha value is -4.65. The van der Waals surface area contributed by atoms with Crippen LogP contribution in [0.5, 0.6) is 11.5 Å². The highest BCUT2D eigenvalue weighted by Gasteiger charge is 2.51. The fourth-order valence-electron chi connectivity index (χ4n) is 5.06. The number of nitrogens with one attached hydrogen (secondary N) is 2. The number of hydrogen-bond donors (Lipinski definition) is 2. The Morgan fingerprint density at radius 3 is 2.59 bits per heavy atom. The molecular weight excluding hydrogens is 490 g/mol. The Kier molecular flexibility index (Phi) is 6.49. The second kappa shape index (κ2) is 10.3. The fourth-order valence-corrected chi connectivity index (χ4v) is 5.06. The van der Waals surface area contributed by atoms with E-state index in [2.05, 4.69) is 15.6 Å². The number of anilines is 1. The van der Waals surface area contributed by atoms with Crippen molar-refractivity contribution >= 4 is 17.5 Å². The molecule has 3 aromatic carbocycles. The van der Waals surface area contributed by atoms with Crippen LogP contribution in [0.2, 0.25) is 0 Å². The molecule has 0 atom stereocenters. The van der Waals surface area contributed by atoms with Crippen molar-refractivity contribution in [2.24, 2.45) is 0 Å². The van der Waals surface area contributed by atoms with Gasteiger partial charge in [-0.05, 0) is 90.6 Å². The Bertz CT molecular complexity index is 1550. The molecule has 6 rings (SSSR count). The molecule has 1 aliphatic heterocycles. The van der Waals surface area contributed by atoms with E-state index in [9.17, 15) is 9.59 Å². The minimum absolute atomic E-state index is 0.0204. The van der Waals surface area contributed by atoms with E-state index >= 15 is 0 Å². The lowest BCUT2D eigenvalue weighted by Crippen LogP contribution is -2.27. The van der Waals surface area contributed by atoms with Crippen molar-refractivity contribution in [3.63, 3.8) is 0 Å². The third-order valence-electron chi connectivity index (χ3n) is 7.42. The number of rotatable bonds is 8. The average molecular weight is 520 g/mol. The highest BCUT2D eigenvalue weighted by molar-refractivity contribution is 6.02. The summed E-state index contributed by atoms with van der Waals surface area (Å²) in [6.07, 6.45) is 4.02. The fraction of sp³-hybridized carbons (Fsp3) is 0.219. The number of hydrogen-bond acceptors (Lipinski definition) is 5. The summed E-state index contributed by atoms with van der Waals surface area (Å²) in [6.45, 7) is 2.72. The molecule has 1 aromatic heterocycles. The lowest BCUT2D eigenvalue weighted by Gasteiger charge is -2.17. The summed E-state index contributed by atoms with van der Waals surface area (Å²) in [5.74, 6) is 1.27. The quantitative estimate of drug-likeness (QED) is 0.324. The maximum atomic E-state index is 13.4. The lowest BCUT2D eigenvalue weighted by atomic mass is 9.94. The number of nitrogens with zero attached hydrogens (tertiary/aromatic N) is 1. The SMILES string of the molecule is Cc1cc(C(=O)NCCc2ccccn2)ccc1-c1cccc(NC(=O)C2(c3ccc4c(c3)OCO4)CC2)c1. The summed E-state index contributed by atoms with van der Waals surface area (Å²) in [5, 5.41) is 6.10. The monoisotopic (exact) mass is 519 g/mol. The second-order valence-corrected chi connectivity index (χ2v) is 10.0. The van der Waals surface area contributed by atoms with Gasteiger partial charge in [-0.25, -0.2) is 0 Å². The first-order valence-electron chi connectivity index (χ1n) is 13.1. The third-order valence-corrected chi connectivity index (χ3v) is 7.42. The van der Waals surface area contributed by atoms with Crippen LogP contribution in [-0.4, -0.2) is 30.1 Å². The van der Waals surface area contributed by atoms with Crippen molar-refractivity contribution in [3.8, 4) is 22.6 Å². The first kappa shape index (κ1) is 24.7. The van der Waals surface area contributed by atoms with E-state index in [4.69, 9.17) is 9.47 Å². The maximum absolute atomic E-state index is 13.4. The minimum Gasteiger partial charge on any atom is -0.454 e. The van der Waals surface area contributed by atoms with E-state index in [1.165, 1.54) is 0 Å². The van der Waals surface area contributed by atoms with Crippen LogP contribution in [0.4, 0.5) is 5.69 Å². The number of ether oxygens (including phenoxy) is 2. The van der Waals surface area contributed by atoms with Gasteiger partial charge in [0.15, 0.2) is 11.5 Å². The van der Waals surface area contributed by atoms with Gasteiger partial charge < -0.3 is 20.1 Å². The third kappa shape index (κ3) is 5.08. The summed E-state index contributed by atoms with van der Waals surface area (Å²) in [7, 11) is 0. The van der Waals surface area contributed by atoms with Crippen LogP contribution in [0.15, 0.2) is 85.1 Å². The first-order chi connectivity index (χ1) is 19.0. The average Bonchev–Trinajstić information content (AvgIpc) is 3.64. The molecule has 4 aromatic rings. The van der Waals surface area contributed by atoms with E-state index in [1.54, 1.807) is 6.20 Å². The van der Waals surface area contributed by atoms with E-state index in [-0.39, 0.29) is 18.6 Å². The molecule has 0 spiro atoms. The van der Waals surface area contributed by atoms with Crippen molar-refractivity contribution in [1.82, 2.24) is 10.3 Å². The molecule has 0 saturated heterocycles. The van der Waals surface area contributed by atoms with E-state index in [1.807, 2.05) is 85.8 Å². The van der Waals surface area contributed by atoms with Crippen LogP contribution in [0.25, 0.3) is 11.1 Å². The van der Waals surface area contributed by atoms with Crippen LogP contribution >= 0.6 is 0 Å². The molecule has 196 valence electrons. The van der Waals surface area contributed by atoms with E-state index < -0.39 is 5.41 Å². The summed E-state index contributed by atoms with van der Waals surface area (Å²) in [6, 6.07) is 25.0. The van der Waals surface area contributed by atoms with Crippen LogP contribution in [-0.2, 0) is 16.6 Å². The molecule has 2 heterocycles. The van der Waals surface area contributed by atoms with Gasteiger partial charge in [0.2, 0.25) is 12.7 Å².